The molecule has 1 aliphatic heterocycles. The van der Waals surface area contributed by atoms with E-state index in [-0.39, 0.29) is 0 Å². The Balaban J connectivity index is 1.49. The standard InChI is InChI=1S/C21H19N9/c1-12-10-30(11-25-12)17-4-7-23-20-19(17)26-21(27-20)18-14-8-15(13-2-5-22-6-3-13)24-9-16(14)28-29-18/h2,4,7-11,22H,3,5-6H2,1H3,(H,28,29)(H,23,26,27). The first-order chi connectivity index (χ1) is 14.8. The largest absolute Gasteiger partial charge is 0.333 e. The smallest absolute Gasteiger partial charge is 0.180 e. The van der Waals surface area contributed by atoms with Crippen LogP contribution in [0.15, 0.2) is 43.1 Å². The summed E-state index contributed by atoms with van der Waals surface area (Å²) in [5.41, 5.74) is 7.25. The molecule has 0 bridgehead atoms. The minimum Gasteiger partial charge on any atom is -0.333 e. The van der Waals surface area contributed by atoms with Crippen molar-refractivity contribution in [3.63, 3.8) is 0 Å². The molecule has 1 aliphatic rings. The van der Waals surface area contributed by atoms with Crippen molar-refractivity contribution in [1.82, 2.24) is 45.0 Å². The summed E-state index contributed by atoms with van der Waals surface area (Å²) in [5.74, 6) is 0.671. The Labute approximate surface area is 171 Å². The monoisotopic (exact) mass is 397 g/mol. The molecule has 0 amide bonds. The van der Waals surface area contributed by atoms with E-state index in [9.17, 15) is 0 Å². The number of aromatic amines is 2. The molecule has 0 radical (unpaired) electrons. The molecule has 6 rings (SSSR count). The minimum absolute atomic E-state index is 0.639. The number of nitrogens with zero attached hydrogens (tertiary/aromatic N) is 6. The average molecular weight is 397 g/mol. The molecule has 0 aliphatic carbocycles. The van der Waals surface area contributed by atoms with Gasteiger partial charge in [0.25, 0.3) is 0 Å². The number of rotatable bonds is 3. The van der Waals surface area contributed by atoms with Crippen LogP contribution in [0.1, 0.15) is 17.8 Å². The van der Waals surface area contributed by atoms with E-state index in [2.05, 4.69) is 47.6 Å². The summed E-state index contributed by atoms with van der Waals surface area (Å²) in [6.07, 6.45) is 10.5. The van der Waals surface area contributed by atoms with Crippen molar-refractivity contribution in [2.75, 3.05) is 13.1 Å². The Morgan fingerprint density at radius 1 is 1.17 bits per heavy atom. The highest BCUT2D eigenvalue weighted by Crippen LogP contribution is 2.29. The molecule has 6 heterocycles. The van der Waals surface area contributed by atoms with Crippen LogP contribution in [0.4, 0.5) is 0 Å². The molecule has 0 saturated heterocycles. The molecule has 0 aromatic carbocycles. The van der Waals surface area contributed by atoms with Gasteiger partial charge in [0.1, 0.15) is 11.2 Å². The highest BCUT2D eigenvalue weighted by molar-refractivity contribution is 5.94. The van der Waals surface area contributed by atoms with Crippen molar-refractivity contribution in [3.8, 4) is 17.2 Å². The first-order valence-electron chi connectivity index (χ1n) is 9.86. The Morgan fingerprint density at radius 2 is 2.13 bits per heavy atom. The van der Waals surface area contributed by atoms with Gasteiger partial charge in [-0.3, -0.25) is 10.1 Å². The lowest BCUT2D eigenvalue weighted by Crippen LogP contribution is -2.20. The van der Waals surface area contributed by atoms with E-state index >= 15 is 0 Å². The summed E-state index contributed by atoms with van der Waals surface area (Å²) < 4.78 is 1.97. The van der Waals surface area contributed by atoms with E-state index in [1.54, 1.807) is 12.5 Å². The summed E-state index contributed by atoms with van der Waals surface area (Å²) in [7, 11) is 0. The molecule has 30 heavy (non-hydrogen) atoms. The predicted octanol–water partition coefficient (Wildman–Crippen LogP) is 2.77. The van der Waals surface area contributed by atoms with Gasteiger partial charge in [-0.2, -0.15) is 5.10 Å². The highest BCUT2D eigenvalue weighted by Gasteiger charge is 2.17. The summed E-state index contributed by atoms with van der Waals surface area (Å²) in [4.78, 5) is 21.5. The number of aromatic nitrogens is 8. The number of H-pyrrole nitrogens is 2. The van der Waals surface area contributed by atoms with Crippen molar-refractivity contribution in [2.24, 2.45) is 0 Å². The zero-order valence-corrected chi connectivity index (χ0v) is 16.3. The number of hydrogen-bond donors (Lipinski definition) is 3. The Hall–Kier alpha value is -3.85. The molecule has 9 nitrogen and oxygen atoms in total. The SMILES string of the molecule is Cc1cn(-c2ccnc3nc(-c4n[nH]c5cnc(C6=CCNCC6)cc45)[nH]c23)cn1. The zero-order chi connectivity index (χ0) is 20.1. The molecule has 0 unspecified atom stereocenters. The van der Waals surface area contributed by atoms with Gasteiger partial charge in [0.2, 0.25) is 0 Å². The van der Waals surface area contributed by atoms with Crippen LogP contribution in [-0.2, 0) is 0 Å². The van der Waals surface area contributed by atoms with Gasteiger partial charge in [-0.1, -0.05) is 6.08 Å². The van der Waals surface area contributed by atoms with Gasteiger partial charge < -0.3 is 14.9 Å². The molecule has 9 heteroatoms. The molecule has 148 valence electrons. The Bertz CT molecular complexity index is 1420. The van der Waals surface area contributed by atoms with E-state index < -0.39 is 0 Å². The van der Waals surface area contributed by atoms with Gasteiger partial charge >= 0.3 is 0 Å². The number of imidazole rings is 2. The molecule has 0 saturated carbocycles. The number of hydrogen-bond acceptors (Lipinski definition) is 6. The average Bonchev–Trinajstić information content (AvgIpc) is 3.51. The topological polar surface area (TPSA) is 113 Å². The Morgan fingerprint density at radius 3 is 2.97 bits per heavy atom. The summed E-state index contributed by atoms with van der Waals surface area (Å²) in [6, 6.07) is 4.03. The summed E-state index contributed by atoms with van der Waals surface area (Å²) >= 11 is 0. The van der Waals surface area contributed by atoms with E-state index in [0.29, 0.717) is 11.5 Å². The van der Waals surface area contributed by atoms with Crippen molar-refractivity contribution in [3.05, 3.63) is 54.5 Å². The molecule has 3 N–H and O–H groups in total. The number of pyridine rings is 2. The highest BCUT2D eigenvalue weighted by atomic mass is 15.2. The van der Waals surface area contributed by atoms with E-state index in [1.165, 1.54) is 5.57 Å². The molecule has 0 atom stereocenters. The molecular formula is C21H19N9. The van der Waals surface area contributed by atoms with E-state index in [1.807, 2.05) is 30.0 Å². The van der Waals surface area contributed by atoms with Gasteiger partial charge in [0, 0.05) is 24.3 Å². The Kier molecular flexibility index (Phi) is 3.75. The van der Waals surface area contributed by atoms with Crippen molar-refractivity contribution in [1.29, 1.82) is 0 Å². The number of nitrogens with one attached hydrogen (secondary N) is 3. The molecule has 0 spiro atoms. The fourth-order valence-electron chi connectivity index (χ4n) is 3.91. The summed E-state index contributed by atoms with van der Waals surface area (Å²) in [6.45, 7) is 3.81. The molecule has 5 aromatic heterocycles. The van der Waals surface area contributed by atoms with E-state index in [0.717, 1.165) is 58.7 Å². The molecular weight excluding hydrogens is 378 g/mol. The normalized spacial score (nSPS) is 14.5. The van der Waals surface area contributed by atoms with Crippen LogP contribution in [0.5, 0.6) is 0 Å². The van der Waals surface area contributed by atoms with Gasteiger partial charge in [0.15, 0.2) is 11.5 Å². The zero-order valence-electron chi connectivity index (χ0n) is 16.3. The second-order valence-corrected chi connectivity index (χ2v) is 7.41. The van der Waals surface area contributed by atoms with Crippen LogP contribution in [0.3, 0.4) is 0 Å². The van der Waals surface area contributed by atoms with Crippen LogP contribution >= 0.6 is 0 Å². The minimum atomic E-state index is 0.639. The van der Waals surface area contributed by atoms with Crippen LogP contribution in [0, 0.1) is 6.92 Å². The third kappa shape index (κ3) is 2.71. The van der Waals surface area contributed by atoms with Crippen molar-refractivity contribution in [2.45, 2.75) is 13.3 Å². The second-order valence-electron chi connectivity index (χ2n) is 7.41. The van der Waals surface area contributed by atoms with Gasteiger partial charge in [-0.15, -0.1) is 0 Å². The molecule has 0 fully saturated rings. The van der Waals surface area contributed by atoms with Crippen LogP contribution < -0.4 is 5.32 Å². The van der Waals surface area contributed by atoms with Crippen molar-refractivity contribution >= 4 is 27.6 Å². The van der Waals surface area contributed by atoms with Crippen LogP contribution in [0.25, 0.3) is 44.8 Å². The van der Waals surface area contributed by atoms with Crippen LogP contribution in [0.2, 0.25) is 0 Å². The predicted molar refractivity (Wildman–Crippen MR) is 114 cm³/mol. The van der Waals surface area contributed by atoms with Gasteiger partial charge in [0.05, 0.1) is 35.1 Å². The lowest BCUT2D eigenvalue weighted by atomic mass is 10.0. The maximum atomic E-state index is 4.71. The van der Waals surface area contributed by atoms with Crippen LogP contribution in [-0.4, -0.2) is 52.8 Å². The third-order valence-corrected chi connectivity index (χ3v) is 5.42. The molecule has 5 aromatic rings. The lowest BCUT2D eigenvalue weighted by molar-refractivity contribution is 0.737. The van der Waals surface area contributed by atoms with Gasteiger partial charge in [-0.05, 0) is 37.6 Å². The fourth-order valence-corrected chi connectivity index (χ4v) is 3.91. The fraction of sp³-hybridized carbons (Fsp3) is 0.190. The van der Waals surface area contributed by atoms with Gasteiger partial charge in [-0.25, -0.2) is 15.0 Å². The van der Waals surface area contributed by atoms with Crippen molar-refractivity contribution < 1.29 is 0 Å². The summed E-state index contributed by atoms with van der Waals surface area (Å²) in [5, 5.41) is 11.9. The maximum Gasteiger partial charge on any atom is 0.180 e. The number of aryl methyl sites for hydroxylation is 1. The second kappa shape index (κ2) is 6.60. The third-order valence-electron chi connectivity index (χ3n) is 5.42. The lowest BCUT2D eigenvalue weighted by Gasteiger charge is -2.13. The first-order valence-corrected chi connectivity index (χ1v) is 9.86. The quantitative estimate of drug-likeness (QED) is 0.431. The first kappa shape index (κ1) is 17.0. The number of fused-ring (bicyclic) bond motifs is 2. The maximum absolute atomic E-state index is 4.71. The van der Waals surface area contributed by atoms with E-state index in [4.69, 9.17) is 4.98 Å².